The van der Waals surface area contributed by atoms with Crippen LogP contribution < -0.4 is 0 Å². The molecule has 0 aromatic heterocycles. The maximum atomic E-state index is 2.54. The van der Waals surface area contributed by atoms with Crippen LogP contribution in [0.15, 0.2) is 72.9 Å². The Hall–Kier alpha value is -0.690. The summed E-state index contributed by atoms with van der Waals surface area (Å²) in [6.45, 7) is 7.17. The van der Waals surface area contributed by atoms with Gasteiger partial charge in [0.05, 0.1) is 0 Å². The van der Waals surface area contributed by atoms with E-state index in [-0.39, 0.29) is 0 Å². The van der Waals surface area contributed by atoms with Gasteiger partial charge in [0, 0.05) is 0 Å². The van der Waals surface area contributed by atoms with E-state index in [2.05, 4.69) is 93.7 Å². The van der Waals surface area contributed by atoms with Crippen molar-refractivity contribution in [1.29, 1.82) is 0 Å². The molecule has 3 aliphatic rings. The average molecular weight is 394 g/mol. The SMILES string of the molecule is CC[C]1([In-2]([C]2(CC)C=CC=C2)[C]2(CC)C=CC=C2)C=CC=C1. The molecule has 0 radical (unpaired) electrons. The van der Waals surface area contributed by atoms with Crippen LogP contribution in [-0.4, -0.2) is 21.4 Å². The van der Waals surface area contributed by atoms with Gasteiger partial charge >= 0.3 is 144 Å². The molecule has 0 heterocycles. The molecule has 1 heteroatoms. The maximum absolute atomic E-state index is 2.54. The Kier molecular flexibility index (Phi) is 4.47. The summed E-state index contributed by atoms with van der Waals surface area (Å²) in [6.07, 6.45) is 32.8. The van der Waals surface area contributed by atoms with Crippen LogP contribution in [0.1, 0.15) is 40.0 Å². The standard InChI is InChI=1S/3C7H9.In/c3*1-2-7-5-3-4-6-7;/h3*3-6H,2H2,1H3;/q;;;-2. The second-order valence-electron chi connectivity index (χ2n) is 6.99. The molecule has 116 valence electrons. The molecule has 0 fully saturated rings. The summed E-state index contributed by atoms with van der Waals surface area (Å²) in [5.74, 6) is 0. The fourth-order valence-electron chi connectivity index (χ4n) is 4.97. The fourth-order valence-corrected chi connectivity index (χ4v) is 22.2. The van der Waals surface area contributed by atoms with Crippen LogP contribution in [0.5, 0.6) is 0 Å². The van der Waals surface area contributed by atoms with Crippen LogP contribution in [0.2, 0.25) is 9.51 Å². The zero-order valence-electron chi connectivity index (χ0n) is 14.1. The minimum atomic E-state index is -2.26. The zero-order valence-corrected chi connectivity index (χ0v) is 17.4. The first kappa shape index (κ1) is 16.2. The Bertz CT molecular complexity index is 476. The Balaban J connectivity index is 2.19. The van der Waals surface area contributed by atoms with Crippen molar-refractivity contribution < 1.29 is 0 Å². The molecule has 0 bridgehead atoms. The Labute approximate surface area is 143 Å². The van der Waals surface area contributed by atoms with Crippen molar-refractivity contribution in [3.05, 3.63) is 72.9 Å². The van der Waals surface area contributed by atoms with Crippen molar-refractivity contribution in [2.45, 2.75) is 49.5 Å². The van der Waals surface area contributed by atoms with Crippen LogP contribution >= 0.6 is 0 Å². The van der Waals surface area contributed by atoms with Gasteiger partial charge in [-0.1, -0.05) is 0 Å². The molecule has 0 aromatic carbocycles. The molecule has 0 aromatic rings. The van der Waals surface area contributed by atoms with Crippen LogP contribution in [0.4, 0.5) is 0 Å². The number of hydrogen-bond acceptors (Lipinski definition) is 0. The van der Waals surface area contributed by atoms with Crippen molar-refractivity contribution in [2.75, 3.05) is 0 Å². The number of hydrogen-bond donors (Lipinski definition) is 0. The molecule has 0 unspecified atom stereocenters. The summed E-state index contributed by atoms with van der Waals surface area (Å²) < 4.78 is 1.06. The van der Waals surface area contributed by atoms with Gasteiger partial charge in [-0.05, 0) is 0 Å². The van der Waals surface area contributed by atoms with Crippen molar-refractivity contribution in [2.24, 2.45) is 0 Å². The van der Waals surface area contributed by atoms with Gasteiger partial charge in [0.2, 0.25) is 0 Å². The second kappa shape index (κ2) is 6.07. The molecule has 0 spiro atoms. The molecule has 0 atom stereocenters. The first-order valence-corrected chi connectivity index (χ1v) is 13.7. The van der Waals surface area contributed by atoms with Gasteiger partial charge in [0.1, 0.15) is 0 Å². The predicted molar refractivity (Wildman–Crippen MR) is 99.5 cm³/mol. The van der Waals surface area contributed by atoms with E-state index in [0.29, 0.717) is 9.51 Å². The van der Waals surface area contributed by atoms with E-state index in [4.69, 9.17) is 0 Å². The van der Waals surface area contributed by atoms with Crippen molar-refractivity contribution in [1.82, 2.24) is 0 Å². The Morgan fingerprint density at radius 1 is 0.500 bits per heavy atom. The van der Waals surface area contributed by atoms with E-state index in [9.17, 15) is 0 Å². The molecule has 3 aliphatic carbocycles. The number of rotatable bonds is 6. The van der Waals surface area contributed by atoms with Crippen LogP contribution in [-0.2, 0) is 0 Å². The molecular weight excluding hydrogens is 367 g/mol. The number of allylic oxidation sites excluding steroid dienone is 12. The Morgan fingerprint density at radius 2 is 0.727 bits per heavy atom. The molecule has 0 aliphatic heterocycles. The fraction of sp³-hybridized carbons (Fsp3) is 0.429. The van der Waals surface area contributed by atoms with E-state index in [1.165, 1.54) is 19.3 Å². The summed E-state index contributed by atoms with van der Waals surface area (Å²) in [7, 11) is 0. The monoisotopic (exact) mass is 394 g/mol. The molecule has 22 heavy (non-hydrogen) atoms. The summed E-state index contributed by atoms with van der Waals surface area (Å²) in [6, 6.07) is 0. The Morgan fingerprint density at radius 3 is 0.909 bits per heavy atom. The molecule has 0 saturated heterocycles. The topological polar surface area (TPSA) is 0 Å². The van der Waals surface area contributed by atoms with E-state index < -0.39 is 21.4 Å². The first-order chi connectivity index (χ1) is 10.7. The molecule has 0 N–H and O–H groups in total. The predicted octanol–water partition coefficient (Wildman–Crippen LogP) is 6.31. The third-order valence-electron chi connectivity index (χ3n) is 6.22. The van der Waals surface area contributed by atoms with Gasteiger partial charge in [-0.2, -0.15) is 0 Å². The summed E-state index contributed by atoms with van der Waals surface area (Å²) >= 11 is -2.26. The molecule has 0 saturated carbocycles. The minimum absolute atomic E-state index is 0.353. The van der Waals surface area contributed by atoms with Gasteiger partial charge in [-0.15, -0.1) is 0 Å². The summed E-state index contributed by atoms with van der Waals surface area (Å²) in [4.78, 5) is 0. The van der Waals surface area contributed by atoms with E-state index in [1.54, 1.807) is 0 Å². The molecular formula is C21H27In-2. The summed E-state index contributed by atoms with van der Waals surface area (Å²) in [5, 5.41) is 0. The molecule has 0 nitrogen and oxygen atoms in total. The van der Waals surface area contributed by atoms with Crippen LogP contribution in [0.3, 0.4) is 0 Å². The van der Waals surface area contributed by atoms with Gasteiger partial charge in [-0.3, -0.25) is 0 Å². The normalized spacial score (nSPS) is 25.1. The molecule has 3 rings (SSSR count). The van der Waals surface area contributed by atoms with E-state index in [1.807, 2.05) is 0 Å². The zero-order chi connectivity index (χ0) is 15.7. The third kappa shape index (κ3) is 2.28. The van der Waals surface area contributed by atoms with Crippen molar-refractivity contribution >= 4 is 21.4 Å². The van der Waals surface area contributed by atoms with E-state index >= 15 is 0 Å². The quantitative estimate of drug-likeness (QED) is 0.495. The second-order valence-corrected chi connectivity index (χ2v) is 18.7. The van der Waals surface area contributed by atoms with Gasteiger partial charge in [0.25, 0.3) is 0 Å². The van der Waals surface area contributed by atoms with Gasteiger partial charge in [0.15, 0.2) is 0 Å². The van der Waals surface area contributed by atoms with Crippen LogP contribution in [0.25, 0.3) is 0 Å². The first-order valence-electron chi connectivity index (χ1n) is 8.78. The summed E-state index contributed by atoms with van der Waals surface area (Å²) in [5.41, 5.74) is 0. The van der Waals surface area contributed by atoms with Crippen molar-refractivity contribution in [3.63, 3.8) is 0 Å². The van der Waals surface area contributed by atoms with E-state index in [0.717, 1.165) is 0 Å². The van der Waals surface area contributed by atoms with Gasteiger partial charge in [-0.25, -0.2) is 0 Å². The molecule has 0 amide bonds. The average Bonchev–Trinajstić information content (AvgIpc) is 3.30. The third-order valence-corrected chi connectivity index (χ3v) is 22.2. The van der Waals surface area contributed by atoms with Crippen molar-refractivity contribution in [3.8, 4) is 0 Å². The van der Waals surface area contributed by atoms with Crippen LogP contribution in [0, 0.1) is 0 Å². The van der Waals surface area contributed by atoms with Gasteiger partial charge < -0.3 is 0 Å².